The Bertz CT molecular complexity index is 702. The second kappa shape index (κ2) is 5.04. The molecule has 1 atom stereocenters. The van der Waals surface area contributed by atoms with Crippen LogP contribution in [0.5, 0.6) is 0 Å². The van der Waals surface area contributed by atoms with Crippen molar-refractivity contribution in [1.29, 1.82) is 0 Å². The van der Waals surface area contributed by atoms with Gasteiger partial charge in [0.05, 0.1) is 4.83 Å². The fourth-order valence-corrected chi connectivity index (χ4v) is 5.80. The lowest BCUT2D eigenvalue weighted by molar-refractivity contribution is 0.630. The molecule has 0 nitrogen and oxygen atoms in total. The summed E-state index contributed by atoms with van der Waals surface area (Å²) in [7, 11) is 0. The monoisotopic (exact) mass is 404 g/mol. The zero-order valence-electron chi connectivity index (χ0n) is 8.99. The molecule has 0 radical (unpaired) electrons. The largest absolute Gasteiger partial charge is 0.207 e. The van der Waals surface area contributed by atoms with Gasteiger partial charge in [-0.2, -0.15) is 0 Å². The van der Waals surface area contributed by atoms with Gasteiger partial charge in [0, 0.05) is 18.9 Å². The van der Waals surface area contributed by atoms with E-state index >= 15 is 0 Å². The van der Waals surface area contributed by atoms with Gasteiger partial charge in [-0.15, -0.1) is 22.7 Å². The van der Waals surface area contributed by atoms with Crippen LogP contribution < -0.4 is 0 Å². The molecule has 18 heavy (non-hydrogen) atoms. The summed E-state index contributed by atoms with van der Waals surface area (Å²) in [5.41, 5.74) is 0. The molecule has 0 spiro atoms. The smallest absolute Gasteiger partial charge is 0.124 e. The minimum Gasteiger partial charge on any atom is -0.207 e. The van der Waals surface area contributed by atoms with E-state index in [0.29, 0.717) is 0 Å². The predicted molar refractivity (Wildman–Crippen MR) is 84.6 cm³/mol. The van der Waals surface area contributed by atoms with E-state index in [1.54, 1.807) is 28.7 Å². The Morgan fingerprint density at radius 3 is 2.72 bits per heavy atom. The SMILES string of the molecule is Fc1ccc2cc(C(Br)c3sccc3Br)sc2c1. The molecule has 0 aliphatic carbocycles. The average molecular weight is 406 g/mol. The Kier molecular flexibility index (Phi) is 3.58. The molecule has 3 aromatic rings. The van der Waals surface area contributed by atoms with Crippen molar-refractivity contribution in [2.75, 3.05) is 0 Å². The van der Waals surface area contributed by atoms with Crippen molar-refractivity contribution in [2.24, 2.45) is 0 Å². The van der Waals surface area contributed by atoms with Crippen molar-refractivity contribution < 1.29 is 4.39 Å². The van der Waals surface area contributed by atoms with Gasteiger partial charge in [-0.3, -0.25) is 0 Å². The fraction of sp³-hybridized carbons (Fsp3) is 0.0769. The van der Waals surface area contributed by atoms with Crippen molar-refractivity contribution in [1.82, 2.24) is 0 Å². The van der Waals surface area contributed by atoms with Gasteiger partial charge in [-0.25, -0.2) is 4.39 Å². The molecular formula is C13H7Br2FS2. The quantitative estimate of drug-likeness (QED) is 0.435. The van der Waals surface area contributed by atoms with Crippen LogP contribution in [-0.2, 0) is 0 Å². The maximum Gasteiger partial charge on any atom is 0.124 e. The molecular weight excluding hydrogens is 399 g/mol. The van der Waals surface area contributed by atoms with E-state index in [1.165, 1.54) is 15.8 Å². The normalized spacial score (nSPS) is 13.1. The van der Waals surface area contributed by atoms with Gasteiger partial charge in [0.25, 0.3) is 0 Å². The van der Waals surface area contributed by atoms with Crippen LogP contribution in [0.1, 0.15) is 14.6 Å². The third kappa shape index (κ3) is 2.29. The van der Waals surface area contributed by atoms with Crippen molar-refractivity contribution in [3.05, 3.63) is 55.8 Å². The number of fused-ring (bicyclic) bond motifs is 1. The van der Waals surface area contributed by atoms with Gasteiger partial charge in [0.2, 0.25) is 0 Å². The van der Waals surface area contributed by atoms with E-state index in [1.807, 2.05) is 12.1 Å². The second-order valence-corrected chi connectivity index (χ2v) is 7.66. The molecule has 1 aromatic carbocycles. The van der Waals surface area contributed by atoms with Gasteiger partial charge in [0.15, 0.2) is 0 Å². The molecule has 0 saturated carbocycles. The lowest BCUT2D eigenvalue weighted by Crippen LogP contribution is -1.85. The summed E-state index contributed by atoms with van der Waals surface area (Å²) in [6, 6.07) is 9.08. The van der Waals surface area contributed by atoms with Crippen LogP contribution in [0.4, 0.5) is 4.39 Å². The Labute approximate surface area is 129 Å². The average Bonchev–Trinajstić information content (AvgIpc) is 2.93. The van der Waals surface area contributed by atoms with Crippen LogP contribution >= 0.6 is 54.5 Å². The number of halogens is 3. The van der Waals surface area contributed by atoms with E-state index < -0.39 is 0 Å². The maximum absolute atomic E-state index is 13.2. The Hall–Kier alpha value is -0.230. The highest BCUT2D eigenvalue weighted by molar-refractivity contribution is 9.11. The van der Waals surface area contributed by atoms with Crippen molar-refractivity contribution in [3.63, 3.8) is 0 Å². The Morgan fingerprint density at radius 2 is 2.00 bits per heavy atom. The highest BCUT2D eigenvalue weighted by atomic mass is 79.9. The molecule has 92 valence electrons. The molecule has 3 rings (SSSR count). The zero-order valence-corrected chi connectivity index (χ0v) is 13.8. The first-order valence-electron chi connectivity index (χ1n) is 5.21. The first-order chi connectivity index (χ1) is 8.65. The number of thiophene rings is 2. The molecule has 0 bridgehead atoms. The first kappa shape index (κ1) is 12.8. The summed E-state index contributed by atoms with van der Waals surface area (Å²) in [6.45, 7) is 0. The highest BCUT2D eigenvalue weighted by Gasteiger charge is 2.17. The van der Waals surface area contributed by atoms with E-state index in [-0.39, 0.29) is 10.6 Å². The number of alkyl halides is 1. The molecule has 0 fully saturated rings. The van der Waals surface area contributed by atoms with Gasteiger partial charge in [0.1, 0.15) is 5.82 Å². The fourth-order valence-electron chi connectivity index (χ4n) is 1.77. The van der Waals surface area contributed by atoms with Crippen molar-refractivity contribution in [3.8, 4) is 0 Å². The summed E-state index contributed by atoms with van der Waals surface area (Å²) in [5.74, 6) is -0.181. The van der Waals surface area contributed by atoms with Crippen molar-refractivity contribution in [2.45, 2.75) is 4.83 Å². The third-order valence-electron chi connectivity index (χ3n) is 2.63. The first-order valence-corrected chi connectivity index (χ1v) is 8.61. The van der Waals surface area contributed by atoms with Crippen molar-refractivity contribution >= 4 is 64.6 Å². The molecule has 0 aliphatic rings. The van der Waals surface area contributed by atoms with E-state index in [2.05, 4.69) is 43.3 Å². The lowest BCUT2D eigenvalue weighted by Gasteiger charge is -2.05. The second-order valence-electron chi connectivity index (χ2n) is 3.83. The molecule has 1 unspecified atom stereocenters. The van der Waals surface area contributed by atoms with Gasteiger partial charge in [-0.05, 0) is 51.0 Å². The number of benzene rings is 1. The molecule has 0 saturated heterocycles. The minimum atomic E-state index is -0.181. The molecule has 0 N–H and O–H groups in total. The van der Waals surface area contributed by atoms with Gasteiger partial charge < -0.3 is 0 Å². The number of rotatable bonds is 2. The minimum absolute atomic E-state index is 0.160. The molecule has 5 heteroatoms. The van der Waals surface area contributed by atoms with E-state index in [9.17, 15) is 4.39 Å². The summed E-state index contributed by atoms with van der Waals surface area (Å²) >= 11 is 10.6. The van der Waals surface area contributed by atoms with E-state index in [4.69, 9.17) is 0 Å². The zero-order chi connectivity index (χ0) is 12.7. The standard InChI is InChI=1S/C13H7Br2FS2/c14-9-3-4-17-13(9)12(15)11-5-7-1-2-8(16)6-10(7)18-11/h1-6,12H. The van der Waals surface area contributed by atoms with Gasteiger partial charge >= 0.3 is 0 Å². The van der Waals surface area contributed by atoms with Crippen LogP contribution in [0.3, 0.4) is 0 Å². The van der Waals surface area contributed by atoms with Gasteiger partial charge in [-0.1, -0.05) is 22.0 Å². The lowest BCUT2D eigenvalue weighted by atomic mass is 10.2. The highest BCUT2D eigenvalue weighted by Crippen LogP contribution is 2.43. The summed E-state index contributed by atoms with van der Waals surface area (Å²) in [5, 5.41) is 3.15. The third-order valence-corrected chi connectivity index (χ3v) is 7.28. The molecule has 2 aromatic heterocycles. The Balaban J connectivity index is 2.07. The number of hydrogen-bond donors (Lipinski definition) is 0. The molecule has 2 heterocycles. The topological polar surface area (TPSA) is 0 Å². The molecule has 0 aliphatic heterocycles. The van der Waals surface area contributed by atoms with Crippen LogP contribution in [-0.4, -0.2) is 0 Å². The molecule has 0 amide bonds. The van der Waals surface area contributed by atoms with Crippen LogP contribution in [0.15, 0.2) is 40.2 Å². The van der Waals surface area contributed by atoms with E-state index in [0.717, 1.165) is 14.6 Å². The van der Waals surface area contributed by atoms with Crippen LogP contribution in [0.25, 0.3) is 10.1 Å². The summed E-state index contributed by atoms with van der Waals surface area (Å²) < 4.78 is 15.3. The predicted octanol–water partition coefficient (Wildman–Crippen LogP) is 6.35. The maximum atomic E-state index is 13.2. The van der Waals surface area contributed by atoms with Crippen LogP contribution in [0, 0.1) is 5.82 Å². The summed E-state index contributed by atoms with van der Waals surface area (Å²) in [6.07, 6.45) is 0. The number of hydrogen-bond acceptors (Lipinski definition) is 2. The Morgan fingerprint density at radius 1 is 1.17 bits per heavy atom. The van der Waals surface area contributed by atoms with Crippen LogP contribution in [0.2, 0.25) is 0 Å². The summed E-state index contributed by atoms with van der Waals surface area (Å²) in [4.78, 5) is 2.59.